The summed E-state index contributed by atoms with van der Waals surface area (Å²) in [5.41, 5.74) is 2.47. The smallest absolute Gasteiger partial charge is 0.212 e. The molecule has 1 aromatic carbocycles. The second kappa shape index (κ2) is 6.16. The zero-order chi connectivity index (χ0) is 19.4. The molecule has 3 heterocycles. The van der Waals surface area contributed by atoms with Crippen molar-refractivity contribution in [2.45, 2.75) is 18.9 Å². The normalized spacial score (nSPS) is 14.0. The first-order valence-corrected chi connectivity index (χ1v) is 9.08. The highest BCUT2D eigenvalue weighted by Gasteiger charge is 2.32. The monoisotopic (exact) mass is 399 g/mol. The highest BCUT2D eigenvalue weighted by Crippen LogP contribution is 2.44. The van der Waals surface area contributed by atoms with Crippen LogP contribution in [-0.4, -0.2) is 44.1 Å². The van der Waals surface area contributed by atoms with E-state index in [4.69, 9.17) is 11.6 Å². The highest BCUT2D eigenvalue weighted by molar-refractivity contribution is 6.35. The van der Waals surface area contributed by atoms with Crippen molar-refractivity contribution >= 4 is 46.1 Å². The minimum absolute atomic E-state index is 0.00500. The number of amides is 1. The van der Waals surface area contributed by atoms with Crippen LogP contribution in [0, 0.1) is 5.82 Å². The number of nitrogens with zero attached hydrogens (tertiary/aromatic N) is 5. The number of anilines is 2. The van der Waals surface area contributed by atoms with E-state index >= 15 is 4.39 Å². The number of hydrogen-bond acceptors (Lipinski definition) is 5. The molecule has 2 N–H and O–H groups in total. The van der Waals surface area contributed by atoms with E-state index in [2.05, 4.69) is 25.5 Å². The van der Waals surface area contributed by atoms with Gasteiger partial charge in [0.2, 0.25) is 6.41 Å². The number of halogens is 2. The Balaban J connectivity index is 1.72. The van der Waals surface area contributed by atoms with Gasteiger partial charge in [-0.25, -0.2) is 9.37 Å². The molecule has 1 amide bonds. The number of aromatic nitrogens is 5. The number of rotatable bonds is 5. The van der Waals surface area contributed by atoms with Crippen LogP contribution < -0.4 is 10.2 Å². The van der Waals surface area contributed by atoms with Crippen LogP contribution in [0.2, 0.25) is 5.02 Å². The van der Waals surface area contributed by atoms with Gasteiger partial charge in [-0.1, -0.05) is 11.6 Å². The second-order valence-electron chi connectivity index (χ2n) is 6.78. The van der Waals surface area contributed by atoms with E-state index in [9.17, 15) is 4.79 Å². The molecule has 5 rings (SSSR count). The van der Waals surface area contributed by atoms with Gasteiger partial charge in [0.1, 0.15) is 5.69 Å². The van der Waals surface area contributed by atoms with Crippen LogP contribution >= 0.6 is 11.6 Å². The maximum absolute atomic E-state index is 15.3. The zero-order valence-electron chi connectivity index (χ0n) is 14.8. The number of nitrogens with one attached hydrogen (secondary N) is 2. The van der Waals surface area contributed by atoms with Gasteiger partial charge in [-0.05, 0) is 12.8 Å². The Labute approximate surface area is 163 Å². The summed E-state index contributed by atoms with van der Waals surface area (Å²) in [6.07, 6.45) is 9.10. The molecular weight excluding hydrogens is 385 g/mol. The lowest BCUT2D eigenvalue weighted by molar-refractivity contribution is -0.105. The van der Waals surface area contributed by atoms with Gasteiger partial charge in [-0.3, -0.25) is 14.9 Å². The van der Waals surface area contributed by atoms with Crippen molar-refractivity contribution in [3.8, 4) is 11.3 Å². The van der Waals surface area contributed by atoms with E-state index in [-0.39, 0.29) is 5.02 Å². The average molecular weight is 400 g/mol. The predicted octanol–water partition coefficient (Wildman–Crippen LogP) is 3.23. The fourth-order valence-corrected chi connectivity index (χ4v) is 3.77. The largest absolute Gasteiger partial charge is 0.367 e. The lowest BCUT2D eigenvalue weighted by atomic mass is 10.0. The Morgan fingerprint density at radius 2 is 2.21 bits per heavy atom. The van der Waals surface area contributed by atoms with E-state index < -0.39 is 5.82 Å². The Morgan fingerprint density at radius 3 is 2.96 bits per heavy atom. The fraction of sp³-hybridized carbons (Fsp3) is 0.222. The number of carbonyl (C=O) groups excluding carboxylic acids is 1. The molecule has 28 heavy (non-hydrogen) atoms. The maximum atomic E-state index is 15.3. The summed E-state index contributed by atoms with van der Waals surface area (Å²) < 4.78 is 17.0. The first-order valence-electron chi connectivity index (χ1n) is 8.70. The number of carbonyl (C=O) groups is 1. The van der Waals surface area contributed by atoms with Crippen molar-refractivity contribution in [3.05, 3.63) is 35.6 Å². The number of H-pyrrole nitrogens is 1. The van der Waals surface area contributed by atoms with E-state index in [0.29, 0.717) is 51.8 Å². The Kier molecular flexibility index (Phi) is 3.73. The van der Waals surface area contributed by atoms with Crippen molar-refractivity contribution in [2.24, 2.45) is 0 Å². The molecule has 0 radical (unpaired) electrons. The summed E-state index contributed by atoms with van der Waals surface area (Å²) in [5, 5.41) is 10.2. The summed E-state index contributed by atoms with van der Waals surface area (Å²) in [6, 6.07) is 0.312. The Bertz CT molecular complexity index is 1230. The average Bonchev–Trinajstić information content (AvgIpc) is 3.30. The van der Waals surface area contributed by atoms with Crippen LogP contribution in [0.15, 0.2) is 24.8 Å². The highest BCUT2D eigenvalue weighted by atomic mass is 35.5. The van der Waals surface area contributed by atoms with Gasteiger partial charge in [-0.15, -0.1) is 0 Å². The summed E-state index contributed by atoms with van der Waals surface area (Å²) in [7, 11) is 1.86. The molecule has 0 atom stereocenters. The number of imidazole rings is 1. The predicted molar refractivity (Wildman–Crippen MR) is 104 cm³/mol. The van der Waals surface area contributed by atoms with Gasteiger partial charge in [0.15, 0.2) is 17.3 Å². The second-order valence-corrected chi connectivity index (χ2v) is 7.16. The van der Waals surface area contributed by atoms with Gasteiger partial charge in [0.05, 0.1) is 34.8 Å². The number of hydrogen-bond donors (Lipinski definition) is 2. The zero-order valence-corrected chi connectivity index (χ0v) is 15.5. The third-order valence-electron chi connectivity index (χ3n) is 5.02. The molecule has 4 aromatic rings. The topological polar surface area (TPSA) is 91.2 Å². The molecule has 1 aliphatic carbocycles. The van der Waals surface area contributed by atoms with Crippen molar-refractivity contribution in [3.63, 3.8) is 0 Å². The van der Waals surface area contributed by atoms with Gasteiger partial charge in [0, 0.05) is 30.2 Å². The van der Waals surface area contributed by atoms with Gasteiger partial charge in [0.25, 0.3) is 0 Å². The van der Waals surface area contributed by atoms with Gasteiger partial charge < -0.3 is 14.6 Å². The molecule has 0 spiro atoms. The van der Waals surface area contributed by atoms with Crippen LogP contribution in [0.4, 0.5) is 15.9 Å². The number of aromatic amines is 1. The van der Waals surface area contributed by atoms with Crippen LogP contribution in [0.25, 0.3) is 27.8 Å². The third kappa shape index (κ3) is 2.50. The molecule has 0 unspecified atom stereocenters. The molecule has 0 aliphatic heterocycles. The summed E-state index contributed by atoms with van der Waals surface area (Å²) in [5.74, 6) is -0.111. The van der Waals surface area contributed by atoms with Crippen molar-refractivity contribution in [1.82, 2.24) is 24.6 Å². The molecule has 3 aromatic heterocycles. The minimum atomic E-state index is -0.501. The summed E-state index contributed by atoms with van der Waals surface area (Å²) in [6.45, 7) is 0. The van der Waals surface area contributed by atoms with E-state index in [1.807, 2.05) is 11.9 Å². The summed E-state index contributed by atoms with van der Waals surface area (Å²) in [4.78, 5) is 21.2. The SMILES string of the molecule is CN(c1c(F)c(Cl)c(-c2cn3cc(NC=O)nc3cn2)c2cn[nH]c12)C1CC1. The number of fused-ring (bicyclic) bond motifs is 2. The molecule has 8 nitrogen and oxygen atoms in total. The maximum Gasteiger partial charge on any atom is 0.212 e. The molecule has 1 fully saturated rings. The van der Waals surface area contributed by atoms with E-state index in [1.54, 1.807) is 23.0 Å². The van der Waals surface area contributed by atoms with Crippen molar-refractivity contribution in [1.29, 1.82) is 0 Å². The molecule has 0 bridgehead atoms. The van der Waals surface area contributed by atoms with Gasteiger partial charge >= 0.3 is 0 Å². The summed E-state index contributed by atoms with van der Waals surface area (Å²) >= 11 is 6.48. The molecular formula is C18H15ClFN7O. The van der Waals surface area contributed by atoms with E-state index in [1.165, 1.54) is 6.20 Å². The molecule has 10 heteroatoms. The lowest BCUT2D eigenvalue weighted by Gasteiger charge is -2.22. The van der Waals surface area contributed by atoms with Crippen LogP contribution in [-0.2, 0) is 4.79 Å². The quantitative estimate of drug-likeness (QED) is 0.503. The fourth-order valence-electron chi connectivity index (χ4n) is 3.48. The molecule has 1 aliphatic rings. The third-order valence-corrected chi connectivity index (χ3v) is 5.37. The molecule has 142 valence electrons. The Morgan fingerprint density at radius 1 is 1.39 bits per heavy atom. The van der Waals surface area contributed by atoms with Crippen molar-refractivity contribution < 1.29 is 9.18 Å². The number of benzene rings is 1. The standard InChI is InChI=1S/C18H15ClFN7O/c1-26(9-2-3-9)18-16(20)15(19)14(10-4-23-25-17(10)18)11-6-27-7-12(22-8-28)24-13(27)5-21-11/h4-9H,2-3H2,1H3,(H,22,28)(H,23,25). The first-order chi connectivity index (χ1) is 13.6. The van der Waals surface area contributed by atoms with E-state index in [0.717, 1.165) is 12.8 Å². The molecule has 1 saturated carbocycles. The Hall–Kier alpha value is -3.20. The van der Waals surface area contributed by atoms with Gasteiger partial charge in [-0.2, -0.15) is 5.10 Å². The van der Waals surface area contributed by atoms with Crippen LogP contribution in [0.3, 0.4) is 0 Å². The first kappa shape index (κ1) is 16.9. The van der Waals surface area contributed by atoms with Crippen molar-refractivity contribution in [2.75, 3.05) is 17.3 Å². The molecule has 0 saturated heterocycles. The van der Waals surface area contributed by atoms with Crippen LogP contribution in [0.5, 0.6) is 0 Å². The van der Waals surface area contributed by atoms with Crippen LogP contribution in [0.1, 0.15) is 12.8 Å². The minimum Gasteiger partial charge on any atom is -0.367 e. The lowest BCUT2D eigenvalue weighted by Crippen LogP contribution is -2.21.